The van der Waals surface area contributed by atoms with Crippen LogP contribution in [0.5, 0.6) is 11.5 Å². The van der Waals surface area contributed by atoms with E-state index in [9.17, 15) is 9.59 Å². The minimum Gasteiger partial charge on any atom is -0.493 e. The molecule has 0 saturated carbocycles. The van der Waals surface area contributed by atoms with Gasteiger partial charge in [-0.25, -0.2) is 4.79 Å². The maximum Gasteiger partial charge on any atom is 0.348 e. The number of amides is 1. The van der Waals surface area contributed by atoms with Gasteiger partial charge in [0.05, 0.1) is 19.9 Å². The van der Waals surface area contributed by atoms with E-state index in [-0.39, 0.29) is 10.6 Å². The van der Waals surface area contributed by atoms with Gasteiger partial charge < -0.3 is 19.9 Å². The van der Waals surface area contributed by atoms with Crippen molar-refractivity contribution in [2.45, 2.75) is 0 Å². The minimum absolute atomic E-state index is 0.0869. The number of rotatable bonds is 5. The Bertz CT molecular complexity index is 680. The summed E-state index contributed by atoms with van der Waals surface area (Å²) in [7, 11) is 2.98. The van der Waals surface area contributed by atoms with Crippen molar-refractivity contribution < 1.29 is 24.2 Å². The Balaban J connectivity index is 2.24. The first-order valence-corrected chi connectivity index (χ1v) is 6.79. The largest absolute Gasteiger partial charge is 0.493 e. The molecule has 0 aliphatic carbocycles. The van der Waals surface area contributed by atoms with E-state index in [4.69, 9.17) is 14.6 Å². The number of methoxy groups -OCH3 is 2. The molecule has 0 fully saturated rings. The van der Waals surface area contributed by atoms with Crippen LogP contribution < -0.4 is 14.8 Å². The lowest BCUT2D eigenvalue weighted by Crippen LogP contribution is -2.13. The van der Waals surface area contributed by atoms with E-state index in [1.807, 2.05) is 0 Å². The van der Waals surface area contributed by atoms with Gasteiger partial charge in [-0.1, -0.05) is 0 Å². The summed E-state index contributed by atoms with van der Waals surface area (Å²) in [5, 5.41) is 13.2. The molecule has 110 valence electrons. The average molecular weight is 307 g/mol. The number of carbonyl (C=O) groups excluding carboxylic acids is 1. The molecule has 0 spiro atoms. The second-order valence-electron chi connectivity index (χ2n) is 3.99. The van der Waals surface area contributed by atoms with Gasteiger partial charge in [0.25, 0.3) is 5.91 Å². The first-order valence-electron chi connectivity index (χ1n) is 5.91. The smallest absolute Gasteiger partial charge is 0.348 e. The number of carboxylic acid groups (broad SMARTS) is 1. The summed E-state index contributed by atoms with van der Waals surface area (Å²) in [5.41, 5.74) is 0.613. The van der Waals surface area contributed by atoms with Gasteiger partial charge in [-0.05, 0) is 29.6 Å². The monoisotopic (exact) mass is 307 g/mol. The molecular formula is C14H13NO5S. The highest BCUT2D eigenvalue weighted by Gasteiger charge is 2.16. The summed E-state index contributed by atoms with van der Waals surface area (Å²) in [4.78, 5) is 23.3. The van der Waals surface area contributed by atoms with Crippen LogP contribution in [0.2, 0.25) is 0 Å². The van der Waals surface area contributed by atoms with E-state index in [2.05, 4.69) is 5.32 Å². The number of hydrogen-bond acceptors (Lipinski definition) is 5. The summed E-state index contributed by atoms with van der Waals surface area (Å²) < 4.78 is 10.2. The summed E-state index contributed by atoms with van der Waals surface area (Å²) in [5.74, 6) is -0.561. The fraction of sp³-hybridized carbons (Fsp3) is 0.143. The minimum atomic E-state index is -1.08. The molecule has 0 saturated heterocycles. The zero-order valence-electron chi connectivity index (χ0n) is 11.4. The molecule has 1 aromatic heterocycles. The van der Waals surface area contributed by atoms with E-state index < -0.39 is 11.9 Å². The fourth-order valence-corrected chi connectivity index (χ4v) is 2.43. The van der Waals surface area contributed by atoms with Gasteiger partial charge in [0, 0.05) is 5.56 Å². The van der Waals surface area contributed by atoms with Crippen molar-refractivity contribution in [2.24, 2.45) is 0 Å². The van der Waals surface area contributed by atoms with Gasteiger partial charge in [0.15, 0.2) is 11.5 Å². The Labute approximate surface area is 124 Å². The second kappa shape index (κ2) is 6.27. The zero-order valence-corrected chi connectivity index (χ0v) is 12.2. The lowest BCUT2D eigenvalue weighted by Gasteiger charge is -2.09. The third kappa shape index (κ3) is 3.14. The van der Waals surface area contributed by atoms with Crippen molar-refractivity contribution in [3.05, 3.63) is 40.1 Å². The highest BCUT2D eigenvalue weighted by molar-refractivity contribution is 7.12. The zero-order chi connectivity index (χ0) is 15.4. The molecule has 6 nitrogen and oxygen atoms in total. The molecular weight excluding hydrogens is 294 g/mol. The van der Waals surface area contributed by atoms with Crippen molar-refractivity contribution in [3.8, 4) is 11.5 Å². The molecule has 0 bridgehead atoms. The van der Waals surface area contributed by atoms with Crippen LogP contribution in [-0.4, -0.2) is 31.2 Å². The molecule has 0 atom stereocenters. The first-order chi connectivity index (χ1) is 10.1. The summed E-state index contributed by atoms with van der Waals surface area (Å²) in [6, 6.07) is 6.26. The molecule has 2 rings (SSSR count). The number of anilines is 1. The van der Waals surface area contributed by atoms with Gasteiger partial charge in [-0.3, -0.25) is 4.79 Å². The van der Waals surface area contributed by atoms with E-state index in [0.717, 1.165) is 11.3 Å². The molecule has 0 radical (unpaired) electrons. The lowest BCUT2D eigenvalue weighted by atomic mass is 10.2. The molecule has 21 heavy (non-hydrogen) atoms. The Morgan fingerprint density at radius 1 is 1.14 bits per heavy atom. The van der Waals surface area contributed by atoms with Crippen molar-refractivity contribution in [1.29, 1.82) is 0 Å². The van der Waals surface area contributed by atoms with Gasteiger partial charge in [0.1, 0.15) is 4.88 Å². The third-order valence-corrected chi connectivity index (χ3v) is 3.66. The molecule has 0 aliphatic heterocycles. The number of thiophene rings is 1. The van der Waals surface area contributed by atoms with E-state index in [1.54, 1.807) is 23.6 Å². The SMILES string of the molecule is COc1ccc(C(=O)Nc2ccsc2C(=O)O)cc1OC. The predicted molar refractivity (Wildman–Crippen MR) is 78.8 cm³/mol. The lowest BCUT2D eigenvalue weighted by molar-refractivity contribution is 0.0703. The average Bonchev–Trinajstić information content (AvgIpc) is 2.94. The Kier molecular flexibility index (Phi) is 4.44. The van der Waals surface area contributed by atoms with Crippen LogP contribution in [0.25, 0.3) is 0 Å². The Morgan fingerprint density at radius 2 is 1.86 bits per heavy atom. The number of nitrogens with one attached hydrogen (secondary N) is 1. The van der Waals surface area contributed by atoms with Crippen LogP contribution in [0.3, 0.4) is 0 Å². The van der Waals surface area contributed by atoms with Crippen LogP contribution in [0.4, 0.5) is 5.69 Å². The molecule has 7 heteroatoms. The number of aromatic carboxylic acids is 1. The molecule has 1 heterocycles. The Morgan fingerprint density at radius 3 is 2.48 bits per heavy atom. The molecule has 2 N–H and O–H groups in total. The molecule has 2 aromatic rings. The normalized spacial score (nSPS) is 10.0. The van der Waals surface area contributed by atoms with Crippen molar-refractivity contribution in [3.63, 3.8) is 0 Å². The van der Waals surface area contributed by atoms with E-state index in [0.29, 0.717) is 17.1 Å². The van der Waals surface area contributed by atoms with Crippen LogP contribution in [-0.2, 0) is 0 Å². The highest BCUT2D eigenvalue weighted by Crippen LogP contribution is 2.28. The summed E-state index contributed by atoms with van der Waals surface area (Å²) in [6.07, 6.45) is 0. The third-order valence-electron chi connectivity index (χ3n) is 2.75. The van der Waals surface area contributed by atoms with Crippen molar-refractivity contribution in [1.82, 2.24) is 0 Å². The number of carboxylic acids is 1. The van der Waals surface area contributed by atoms with Gasteiger partial charge >= 0.3 is 5.97 Å². The van der Waals surface area contributed by atoms with Crippen molar-refractivity contribution in [2.75, 3.05) is 19.5 Å². The van der Waals surface area contributed by atoms with Crippen LogP contribution >= 0.6 is 11.3 Å². The second-order valence-corrected chi connectivity index (χ2v) is 4.91. The quantitative estimate of drug-likeness (QED) is 0.887. The maximum absolute atomic E-state index is 12.2. The molecule has 0 unspecified atom stereocenters. The summed E-state index contributed by atoms with van der Waals surface area (Å²) in [6.45, 7) is 0. The topological polar surface area (TPSA) is 84.9 Å². The number of ether oxygens (including phenoxy) is 2. The van der Waals surface area contributed by atoms with Crippen molar-refractivity contribution >= 4 is 28.9 Å². The standard InChI is InChI=1S/C14H13NO5S/c1-19-10-4-3-8(7-11(10)20-2)13(16)15-9-5-6-21-12(9)14(17)18/h3-7H,1-2H3,(H,15,16)(H,17,18). The number of hydrogen-bond donors (Lipinski definition) is 2. The first kappa shape index (κ1) is 14.9. The number of carbonyl (C=O) groups is 2. The van der Waals surface area contributed by atoms with E-state index >= 15 is 0 Å². The Hall–Kier alpha value is -2.54. The molecule has 0 aliphatic rings. The van der Waals surface area contributed by atoms with Crippen LogP contribution in [0.15, 0.2) is 29.6 Å². The van der Waals surface area contributed by atoms with Crippen LogP contribution in [0, 0.1) is 0 Å². The van der Waals surface area contributed by atoms with Gasteiger partial charge in [0.2, 0.25) is 0 Å². The molecule has 1 amide bonds. The van der Waals surface area contributed by atoms with E-state index in [1.165, 1.54) is 20.3 Å². The number of benzene rings is 1. The maximum atomic E-state index is 12.2. The predicted octanol–water partition coefficient (Wildman–Crippen LogP) is 2.72. The van der Waals surface area contributed by atoms with Crippen LogP contribution in [0.1, 0.15) is 20.0 Å². The molecule has 1 aromatic carbocycles. The van der Waals surface area contributed by atoms with Gasteiger partial charge in [-0.15, -0.1) is 11.3 Å². The highest BCUT2D eigenvalue weighted by atomic mass is 32.1. The summed E-state index contributed by atoms with van der Waals surface area (Å²) >= 11 is 1.05. The fourth-order valence-electron chi connectivity index (χ4n) is 1.75. The van der Waals surface area contributed by atoms with Gasteiger partial charge in [-0.2, -0.15) is 0 Å².